The highest BCUT2D eigenvalue weighted by atomic mass is 16.5. The van der Waals surface area contributed by atoms with Gasteiger partial charge in [-0.2, -0.15) is 0 Å². The van der Waals surface area contributed by atoms with Gasteiger partial charge in [-0.15, -0.1) is 0 Å². The van der Waals surface area contributed by atoms with Crippen molar-refractivity contribution < 1.29 is 9.47 Å². The third-order valence-electron chi connectivity index (χ3n) is 4.12. The van der Waals surface area contributed by atoms with Crippen molar-refractivity contribution in [2.45, 2.75) is 53.0 Å². The Morgan fingerprint density at radius 3 is 2.12 bits per heavy atom. The van der Waals surface area contributed by atoms with Crippen LogP contribution in [0.25, 0.3) is 0 Å². The van der Waals surface area contributed by atoms with Crippen LogP contribution in [0.4, 0.5) is 5.69 Å². The molecule has 3 heteroatoms. The molecular weight excluding hydrogens is 322 g/mol. The van der Waals surface area contributed by atoms with Gasteiger partial charge in [0.2, 0.25) is 0 Å². The molecule has 3 nitrogen and oxygen atoms in total. The summed E-state index contributed by atoms with van der Waals surface area (Å²) in [7, 11) is 0. The lowest BCUT2D eigenvalue weighted by Gasteiger charge is -2.11. The second-order valence-corrected chi connectivity index (χ2v) is 7.14. The molecule has 2 rings (SSSR count). The van der Waals surface area contributed by atoms with E-state index in [0.29, 0.717) is 5.92 Å². The average Bonchev–Trinajstić information content (AvgIpc) is 2.66. The molecule has 0 heterocycles. The van der Waals surface area contributed by atoms with Crippen LogP contribution in [0.5, 0.6) is 11.5 Å². The van der Waals surface area contributed by atoms with Gasteiger partial charge < -0.3 is 14.8 Å². The Morgan fingerprint density at radius 1 is 0.808 bits per heavy atom. The first-order chi connectivity index (χ1) is 12.7. The summed E-state index contributed by atoms with van der Waals surface area (Å²) in [4.78, 5) is 0. The van der Waals surface area contributed by atoms with E-state index in [9.17, 15) is 0 Å². The van der Waals surface area contributed by atoms with Crippen LogP contribution in [0, 0.1) is 5.92 Å². The Bertz CT molecular complexity index is 605. The summed E-state index contributed by atoms with van der Waals surface area (Å²) in [6, 6.07) is 16.5. The van der Waals surface area contributed by atoms with E-state index in [-0.39, 0.29) is 0 Å². The van der Waals surface area contributed by atoms with Crippen molar-refractivity contribution in [1.82, 2.24) is 0 Å². The highest BCUT2D eigenvalue weighted by Crippen LogP contribution is 2.18. The fourth-order valence-corrected chi connectivity index (χ4v) is 2.56. The van der Waals surface area contributed by atoms with Crippen LogP contribution in [0.15, 0.2) is 48.5 Å². The molecule has 1 N–H and O–H groups in total. The van der Waals surface area contributed by atoms with Gasteiger partial charge in [0, 0.05) is 12.2 Å². The van der Waals surface area contributed by atoms with Gasteiger partial charge in [0.15, 0.2) is 0 Å². The minimum absolute atomic E-state index is 0.541. The summed E-state index contributed by atoms with van der Waals surface area (Å²) in [5.41, 5.74) is 2.33. The highest BCUT2D eigenvalue weighted by Gasteiger charge is 2.00. The molecule has 0 aliphatic carbocycles. The third-order valence-corrected chi connectivity index (χ3v) is 4.12. The Morgan fingerprint density at radius 2 is 1.46 bits per heavy atom. The number of ether oxygens (including phenoxy) is 2. The number of hydrogen-bond acceptors (Lipinski definition) is 3. The number of benzene rings is 2. The molecule has 0 aromatic heterocycles. The zero-order valence-electron chi connectivity index (χ0n) is 16.5. The molecule has 2 aromatic carbocycles. The summed E-state index contributed by atoms with van der Waals surface area (Å²) in [6.07, 6.45) is 4.92. The van der Waals surface area contributed by atoms with E-state index in [1.165, 1.54) is 24.8 Å². The minimum Gasteiger partial charge on any atom is -0.494 e. The average molecular weight is 356 g/mol. The fourth-order valence-electron chi connectivity index (χ4n) is 2.56. The summed E-state index contributed by atoms with van der Waals surface area (Å²) < 4.78 is 11.5. The van der Waals surface area contributed by atoms with Crippen molar-refractivity contribution in [2.24, 2.45) is 5.92 Å². The molecule has 0 atom stereocenters. The van der Waals surface area contributed by atoms with Crippen LogP contribution in [0.2, 0.25) is 0 Å². The third kappa shape index (κ3) is 7.81. The van der Waals surface area contributed by atoms with E-state index < -0.39 is 0 Å². The van der Waals surface area contributed by atoms with E-state index in [1.54, 1.807) is 0 Å². The van der Waals surface area contributed by atoms with Gasteiger partial charge in [0.1, 0.15) is 11.5 Å². The standard InChI is InChI=1S/C23H33NO2/c1-4-5-6-7-16-25-22-14-10-21(11-15-22)24-17-20-8-12-23(13-9-20)26-18-19(2)3/h8-15,19,24H,4-7,16-18H2,1-3H3. The molecule has 0 spiro atoms. The maximum atomic E-state index is 5.78. The lowest BCUT2D eigenvalue weighted by Crippen LogP contribution is -2.04. The summed E-state index contributed by atoms with van der Waals surface area (Å²) in [5, 5.41) is 3.45. The predicted molar refractivity (Wildman–Crippen MR) is 110 cm³/mol. The predicted octanol–water partition coefficient (Wildman–Crippen LogP) is 6.29. The maximum Gasteiger partial charge on any atom is 0.119 e. The van der Waals surface area contributed by atoms with Gasteiger partial charge in [-0.25, -0.2) is 0 Å². The fraction of sp³-hybridized carbons (Fsp3) is 0.478. The Hall–Kier alpha value is -2.16. The topological polar surface area (TPSA) is 30.5 Å². The number of anilines is 1. The molecule has 0 aliphatic rings. The molecular formula is C23H33NO2. The van der Waals surface area contributed by atoms with Gasteiger partial charge >= 0.3 is 0 Å². The van der Waals surface area contributed by atoms with Crippen molar-refractivity contribution >= 4 is 5.69 Å². The first-order valence-electron chi connectivity index (χ1n) is 9.86. The van der Waals surface area contributed by atoms with E-state index in [0.717, 1.165) is 43.4 Å². The van der Waals surface area contributed by atoms with Crippen molar-refractivity contribution in [3.63, 3.8) is 0 Å². The SMILES string of the molecule is CCCCCCOc1ccc(NCc2ccc(OCC(C)C)cc2)cc1. The van der Waals surface area contributed by atoms with Gasteiger partial charge in [-0.3, -0.25) is 0 Å². The quantitative estimate of drug-likeness (QED) is 0.454. The largest absolute Gasteiger partial charge is 0.494 e. The van der Waals surface area contributed by atoms with Crippen LogP contribution in [0.1, 0.15) is 52.0 Å². The number of nitrogens with one attached hydrogen (secondary N) is 1. The molecule has 0 aliphatic heterocycles. The molecule has 142 valence electrons. The zero-order chi connectivity index (χ0) is 18.6. The zero-order valence-corrected chi connectivity index (χ0v) is 16.5. The number of rotatable bonds is 12. The highest BCUT2D eigenvalue weighted by molar-refractivity contribution is 5.47. The molecule has 2 aromatic rings. The Balaban J connectivity index is 1.71. The van der Waals surface area contributed by atoms with Crippen molar-refractivity contribution in [3.8, 4) is 11.5 Å². The monoisotopic (exact) mass is 355 g/mol. The van der Waals surface area contributed by atoms with Gasteiger partial charge in [-0.1, -0.05) is 52.2 Å². The molecule has 0 amide bonds. The molecule has 0 saturated carbocycles. The number of hydrogen-bond donors (Lipinski definition) is 1. The van der Waals surface area contributed by atoms with Gasteiger partial charge in [-0.05, 0) is 54.3 Å². The molecule has 0 fully saturated rings. The van der Waals surface area contributed by atoms with E-state index in [1.807, 2.05) is 24.3 Å². The number of unbranched alkanes of at least 4 members (excludes halogenated alkanes) is 3. The second-order valence-electron chi connectivity index (χ2n) is 7.14. The first-order valence-corrected chi connectivity index (χ1v) is 9.86. The molecule has 0 bridgehead atoms. The van der Waals surface area contributed by atoms with Gasteiger partial charge in [0.05, 0.1) is 13.2 Å². The minimum atomic E-state index is 0.541. The molecule has 26 heavy (non-hydrogen) atoms. The van der Waals surface area contributed by atoms with Crippen molar-refractivity contribution in [3.05, 3.63) is 54.1 Å². The molecule has 0 unspecified atom stereocenters. The van der Waals surface area contributed by atoms with Crippen molar-refractivity contribution in [1.29, 1.82) is 0 Å². The van der Waals surface area contributed by atoms with Crippen molar-refractivity contribution in [2.75, 3.05) is 18.5 Å². The normalized spacial score (nSPS) is 10.8. The summed E-state index contributed by atoms with van der Waals surface area (Å²) in [5.74, 6) is 2.42. The lowest BCUT2D eigenvalue weighted by atomic mass is 10.2. The Labute approximate surface area is 158 Å². The second kappa shape index (κ2) is 11.5. The van der Waals surface area contributed by atoms with E-state index in [2.05, 4.69) is 50.4 Å². The van der Waals surface area contributed by atoms with Crippen LogP contribution in [0.3, 0.4) is 0 Å². The van der Waals surface area contributed by atoms with Crippen LogP contribution in [-0.4, -0.2) is 13.2 Å². The van der Waals surface area contributed by atoms with Crippen LogP contribution < -0.4 is 14.8 Å². The van der Waals surface area contributed by atoms with E-state index in [4.69, 9.17) is 9.47 Å². The Kier molecular flexibility index (Phi) is 8.88. The summed E-state index contributed by atoms with van der Waals surface area (Å²) in [6.45, 7) is 8.88. The lowest BCUT2D eigenvalue weighted by molar-refractivity contribution is 0.271. The molecule has 0 saturated heterocycles. The summed E-state index contributed by atoms with van der Waals surface area (Å²) >= 11 is 0. The van der Waals surface area contributed by atoms with Crippen LogP contribution in [-0.2, 0) is 6.54 Å². The van der Waals surface area contributed by atoms with Crippen LogP contribution >= 0.6 is 0 Å². The van der Waals surface area contributed by atoms with Gasteiger partial charge in [0.25, 0.3) is 0 Å². The van der Waals surface area contributed by atoms with E-state index >= 15 is 0 Å². The maximum absolute atomic E-state index is 5.78. The smallest absolute Gasteiger partial charge is 0.119 e. The first kappa shape index (κ1) is 20.2. The molecule has 0 radical (unpaired) electrons.